The van der Waals surface area contributed by atoms with Gasteiger partial charge in [0.15, 0.2) is 0 Å². The molecule has 1 saturated heterocycles. The van der Waals surface area contributed by atoms with Gasteiger partial charge in [0.05, 0.1) is 5.02 Å². The topological polar surface area (TPSA) is 28.2 Å². The lowest BCUT2D eigenvalue weighted by atomic mass is 9.98. The summed E-state index contributed by atoms with van der Waals surface area (Å²) in [5.74, 6) is 1.75. The quantitative estimate of drug-likeness (QED) is 0.909. The Labute approximate surface area is 115 Å². The smallest absolute Gasteiger partial charge is 0.128 e. The van der Waals surface area contributed by atoms with Gasteiger partial charge in [-0.15, -0.1) is 0 Å². The van der Waals surface area contributed by atoms with Crippen molar-refractivity contribution in [1.82, 2.24) is 10.3 Å². The summed E-state index contributed by atoms with van der Waals surface area (Å²) in [6.45, 7) is 7.78. The lowest BCUT2D eigenvalue weighted by molar-refractivity contribution is 0.370. The van der Waals surface area contributed by atoms with Crippen LogP contribution in [-0.4, -0.2) is 30.7 Å². The van der Waals surface area contributed by atoms with Crippen LogP contribution < -0.4 is 10.2 Å². The van der Waals surface area contributed by atoms with Crippen LogP contribution in [0, 0.1) is 5.92 Å². The van der Waals surface area contributed by atoms with Crippen LogP contribution in [0.5, 0.6) is 0 Å². The van der Waals surface area contributed by atoms with Gasteiger partial charge in [-0.1, -0.05) is 11.6 Å². The monoisotopic (exact) mass is 267 g/mol. The van der Waals surface area contributed by atoms with Crippen molar-refractivity contribution in [1.29, 1.82) is 0 Å². The molecule has 1 aliphatic heterocycles. The average Bonchev–Trinajstić information content (AvgIpc) is 2.38. The van der Waals surface area contributed by atoms with E-state index < -0.39 is 0 Å². The Morgan fingerprint density at radius 3 is 2.89 bits per heavy atom. The van der Waals surface area contributed by atoms with E-state index in [0.717, 1.165) is 31.4 Å². The molecule has 100 valence electrons. The maximum Gasteiger partial charge on any atom is 0.128 e. The molecule has 1 unspecified atom stereocenters. The molecule has 2 heterocycles. The molecule has 3 nitrogen and oxygen atoms in total. The standard InChI is InChI=1S/C14H22ClN3/c1-11(2)18(10-12-4-3-7-16-8-12)14-6-5-13(15)9-17-14/h5-6,9,11-12,16H,3-4,7-8,10H2,1-2H3. The van der Waals surface area contributed by atoms with Crippen LogP contribution >= 0.6 is 11.6 Å². The Bertz CT molecular complexity index is 358. The first-order chi connectivity index (χ1) is 8.66. The van der Waals surface area contributed by atoms with Gasteiger partial charge in [0.2, 0.25) is 0 Å². The van der Waals surface area contributed by atoms with Crippen LogP contribution in [0.2, 0.25) is 5.02 Å². The fourth-order valence-electron chi connectivity index (χ4n) is 2.46. The molecule has 0 radical (unpaired) electrons. The molecule has 1 aromatic heterocycles. The highest BCUT2D eigenvalue weighted by atomic mass is 35.5. The first-order valence-corrected chi connectivity index (χ1v) is 7.13. The van der Waals surface area contributed by atoms with Gasteiger partial charge in [-0.3, -0.25) is 0 Å². The van der Waals surface area contributed by atoms with Gasteiger partial charge >= 0.3 is 0 Å². The van der Waals surface area contributed by atoms with Gasteiger partial charge in [-0.05, 0) is 57.8 Å². The number of pyridine rings is 1. The molecule has 1 aliphatic rings. The van der Waals surface area contributed by atoms with Crippen LogP contribution in [0.15, 0.2) is 18.3 Å². The van der Waals surface area contributed by atoms with Crippen LogP contribution in [0.3, 0.4) is 0 Å². The third-order valence-electron chi connectivity index (χ3n) is 3.48. The molecular formula is C14H22ClN3. The van der Waals surface area contributed by atoms with E-state index in [-0.39, 0.29) is 0 Å². The van der Waals surface area contributed by atoms with Crippen LogP contribution in [0.4, 0.5) is 5.82 Å². The van der Waals surface area contributed by atoms with Gasteiger partial charge in [0.1, 0.15) is 5.82 Å². The van der Waals surface area contributed by atoms with Gasteiger partial charge in [0, 0.05) is 18.8 Å². The van der Waals surface area contributed by atoms with Crippen LogP contribution in [0.25, 0.3) is 0 Å². The Morgan fingerprint density at radius 1 is 1.50 bits per heavy atom. The molecule has 0 spiro atoms. The molecule has 0 aliphatic carbocycles. The molecule has 0 aromatic carbocycles. The van der Waals surface area contributed by atoms with Crippen molar-refractivity contribution in [3.8, 4) is 0 Å². The molecule has 4 heteroatoms. The molecule has 1 aromatic rings. The zero-order valence-corrected chi connectivity index (χ0v) is 12.0. The second-order valence-corrected chi connectivity index (χ2v) is 5.73. The molecule has 2 rings (SSSR count). The minimum atomic E-state index is 0.459. The number of aromatic nitrogens is 1. The summed E-state index contributed by atoms with van der Waals surface area (Å²) in [6.07, 6.45) is 4.32. The third kappa shape index (κ3) is 3.59. The maximum atomic E-state index is 5.90. The highest BCUT2D eigenvalue weighted by Crippen LogP contribution is 2.20. The van der Waals surface area contributed by atoms with Crippen molar-refractivity contribution < 1.29 is 0 Å². The van der Waals surface area contributed by atoms with E-state index in [1.165, 1.54) is 12.8 Å². The van der Waals surface area contributed by atoms with Crippen molar-refractivity contribution in [3.05, 3.63) is 23.4 Å². The third-order valence-corrected chi connectivity index (χ3v) is 3.71. The lowest BCUT2D eigenvalue weighted by Gasteiger charge is -2.33. The zero-order valence-electron chi connectivity index (χ0n) is 11.2. The Hall–Kier alpha value is -0.800. The Morgan fingerprint density at radius 2 is 2.33 bits per heavy atom. The summed E-state index contributed by atoms with van der Waals surface area (Å²) in [6, 6.07) is 4.39. The van der Waals surface area contributed by atoms with Gasteiger partial charge < -0.3 is 10.2 Å². The van der Waals surface area contributed by atoms with E-state index in [0.29, 0.717) is 11.1 Å². The fourth-order valence-corrected chi connectivity index (χ4v) is 2.58. The second-order valence-electron chi connectivity index (χ2n) is 5.29. The van der Waals surface area contributed by atoms with Crippen molar-refractivity contribution in [2.45, 2.75) is 32.7 Å². The predicted octanol–water partition coefficient (Wildman–Crippen LogP) is 2.95. The van der Waals surface area contributed by atoms with Crippen molar-refractivity contribution >= 4 is 17.4 Å². The molecule has 1 atom stereocenters. The Balaban J connectivity index is 2.05. The fraction of sp³-hybridized carbons (Fsp3) is 0.643. The first-order valence-electron chi connectivity index (χ1n) is 6.75. The summed E-state index contributed by atoms with van der Waals surface area (Å²) in [4.78, 5) is 6.81. The summed E-state index contributed by atoms with van der Waals surface area (Å²) >= 11 is 5.90. The molecule has 0 amide bonds. The number of halogens is 1. The molecular weight excluding hydrogens is 246 g/mol. The number of hydrogen-bond acceptors (Lipinski definition) is 3. The minimum Gasteiger partial charge on any atom is -0.354 e. The molecule has 0 bridgehead atoms. The zero-order chi connectivity index (χ0) is 13.0. The van der Waals surface area contributed by atoms with Crippen molar-refractivity contribution in [2.24, 2.45) is 5.92 Å². The van der Waals surface area contributed by atoms with Crippen LogP contribution in [0.1, 0.15) is 26.7 Å². The Kier molecular flexibility index (Phi) is 4.84. The van der Waals surface area contributed by atoms with Gasteiger partial charge in [0.25, 0.3) is 0 Å². The van der Waals surface area contributed by atoms with E-state index in [9.17, 15) is 0 Å². The van der Waals surface area contributed by atoms with E-state index >= 15 is 0 Å². The molecule has 0 saturated carbocycles. The van der Waals surface area contributed by atoms with E-state index in [1.807, 2.05) is 12.1 Å². The van der Waals surface area contributed by atoms with Gasteiger partial charge in [-0.25, -0.2) is 4.98 Å². The first kappa shape index (κ1) is 13.6. The molecule has 1 N–H and O–H groups in total. The number of hydrogen-bond donors (Lipinski definition) is 1. The predicted molar refractivity (Wildman–Crippen MR) is 77.3 cm³/mol. The summed E-state index contributed by atoms with van der Waals surface area (Å²) in [5, 5.41) is 4.17. The minimum absolute atomic E-state index is 0.459. The maximum absolute atomic E-state index is 5.90. The lowest BCUT2D eigenvalue weighted by Crippen LogP contribution is -2.41. The van der Waals surface area contributed by atoms with Gasteiger partial charge in [-0.2, -0.15) is 0 Å². The van der Waals surface area contributed by atoms with E-state index in [4.69, 9.17) is 11.6 Å². The number of anilines is 1. The SMILES string of the molecule is CC(C)N(CC1CCCNC1)c1ccc(Cl)cn1. The normalized spacial score (nSPS) is 20.1. The summed E-state index contributed by atoms with van der Waals surface area (Å²) in [5.41, 5.74) is 0. The van der Waals surface area contributed by atoms with Crippen LogP contribution in [-0.2, 0) is 0 Å². The highest BCUT2D eigenvalue weighted by Gasteiger charge is 2.19. The van der Waals surface area contributed by atoms with E-state index in [1.54, 1.807) is 6.20 Å². The number of piperidine rings is 1. The molecule has 1 fully saturated rings. The average molecular weight is 268 g/mol. The highest BCUT2D eigenvalue weighted by molar-refractivity contribution is 6.30. The molecule has 18 heavy (non-hydrogen) atoms. The van der Waals surface area contributed by atoms with Crippen molar-refractivity contribution in [2.75, 3.05) is 24.5 Å². The van der Waals surface area contributed by atoms with E-state index in [2.05, 4.69) is 29.0 Å². The summed E-state index contributed by atoms with van der Waals surface area (Å²) in [7, 11) is 0. The largest absolute Gasteiger partial charge is 0.354 e. The van der Waals surface area contributed by atoms with Crippen molar-refractivity contribution in [3.63, 3.8) is 0 Å². The number of rotatable bonds is 4. The number of nitrogens with one attached hydrogen (secondary N) is 1. The number of nitrogens with zero attached hydrogens (tertiary/aromatic N) is 2. The summed E-state index contributed by atoms with van der Waals surface area (Å²) < 4.78 is 0. The second kappa shape index (κ2) is 6.39.